The number of nitrogens with zero attached hydrogens (tertiary/aromatic N) is 1. The second kappa shape index (κ2) is 9.90. The summed E-state index contributed by atoms with van der Waals surface area (Å²) in [5.74, 6) is -0.427. The van der Waals surface area contributed by atoms with Crippen molar-refractivity contribution in [1.29, 1.82) is 0 Å². The molecule has 2 aromatic carbocycles. The number of hydroxylamine groups is 2. The summed E-state index contributed by atoms with van der Waals surface area (Å²) in [5, 5.41) is 1.06. The summed E-state index contributed by atoms with van der Waals surface area (Å²) in [6.07, 6.45) is -0.625. The van der Waals surface area contributed by atoms with E-state index in [0.717, 1.165) is 21.8 Å². The molecule has 0 N–H and O–H groups in total. The molecule has 0 heterocycles. The number of amides is 1. The quantitative estimate of drug-likeness (QED) is 0.515. The molecule has 0 aromatic heterocycles. The van der Waals surface area contributed by atoms with Crippen LogP contribution in [0, 0.1) is 0 Å². The lowest BCUT2D eigenvalue weighted by atomic mass is 10.0. The summed E-state index contributed by atoms with van der Waals surface area (Å²) < 4.78 is 9.97. The number of rotatable bonds is 7. The van der Waals surface area contributed by atoms with Crippen LogP contribution in [0.25, 0.3) is 11.1 Å². The predicted octanol–water partition coefficient (Wildman–Crippen LogP) is 4.59. The van der Waals surface area contributed by atoms with Crippen LogP contribution < -0.4 is 0 Å². The third-order valence-corrected chi connectivity index (χ3v) is 3.79. The fourth-order valence-electron chi connectivity index (χ4n) is 2.39. The van der Waals surface area contributed by atoms with E-state index in [9.17, 15) is 9.59 Å². The normalized spacial score (nSPS) is 11.0. The van der Waals surface area contributed by atoms with Crippen LogP contribution in [0.2, 0.25) is 0 Å². The lowest BCUT2D eigenvalue weighted by Gasteiger charge is -2.26. The first kappa shape index (κ1) is 21.4. The number of carbonyl (C=O) groups is 2. The summed E-state index contributed by atoms with van der Waals surface area (Å²) in [7, 11) is 1.30. The van der Waals surface area contributed by atoms with Crippen LogP contribution >= 0.6 is 0 Å². The van der Waals surface area contributed by atoms with E-state index in [1.54, 1.807) is 20.8 Å². The molecule has 6 nitrogen and oxygen atoms in total. The van der Waals surface area contributed by atoms with E-state index in [-0.39, 0.29) is 19.6 Å². The Morgan fingerprint density at radius 2 is 1.54 bits per heavy atom. The third-order valence-electron chi connectivity index (χ3n) is 3.79. The van der Waals surface area contributed by atoms with Crippen molar-refractivity contribution in [1.82, 2.24) is 5.06 Å². The molecule has 0 radical (unpaired) electrons. The van der Waals surface area contributed by atoms with Gasteiger partial charge in [-0.25, -0.2) is 4.79 Å². The molecule has 0 bridgehead atoms. The lowest BCUT2D eigenvalue weighted by Crippen LogP contribution is -2.38. The highest BCUT2D eigenvalue weighted by atomic mass is 16.7. The number of hydrogen-bond acceptors (Lipinski definition) is 5. The summed E-state index contributed by atoms with van der Waals surface area (Å²) in [6.45, 7) is 5.53. The van der Waals surface area contributed by atoms with Crippen LogP contribution in [0.1, 0.15) is 32.8 Å². The zero-order valence-electron chi connectivity index (χ0n) is 16.8. The molecule has 0 saturated carbocycles. The van der Waals surface area contributed by atoms with E-state index >= 15 is 0 Å². The molecule has 6 heteroatoms. The van der Waals surface area contributed by atoms with Crippen molar-refractivity contribution < 1.29 is 23.9 Å². The van der Waals surface area contributed by atoms with Crippen LogP contribution in [0.4, 0.5) is 4.79 Å². The largest absolute Gasteiger partial charge is 0.469 e. The highest BCUT2D eigenvalue weighted by molar-refractivity contribution is 5.71. The SMILES string of the molecule is COC(=O)CCN(OCc1ccc(-c2ccccc2)cc1)C(=O)OC(C)(C)C. The Kier molecular flexibility index (Phi) is 7.58. The fraction of sp³-hybridized carbons (Fsp3) is 0.364. The van der Waals surface area contributed by atoms with Gasteiger partial charge in [-0.15, -0.1) is 0 Å². The number of benzene rings is 2. The molecule has 0 aliphatic rings. The van der Waals surface area contributed by atoms with Crippen molar-refractivity contribution in [3.63, 3.8) is 0 Å². The van der Waals surface area contributed by atoms with Crippen molar-refractivity contribution in [2.45, 2.75) is 39.4 Å². The van der Waals surface area contributed by atoms with Crippen molar-refractivity contribution in [3.8, 4) is 11.1 Å². The summed E-state index contributed by atoms with van der Waals surface area (Å²) >= 11 is 0. The highest BCUT2D eigenvalue weighted by Gasteiger charge is 2.23. The molecule has 0 spiro atoms. The van der Waals surface area contributed by atoms with Gasteiger partial charge in [0, 0.05) is 0 Å². The Hall–Kier alpha value is -2.86. The first-order chi connectivity index (χ1) is 13.3. The summed E-state index contributed by atoms with van der Waals surface area (Å²) in [6, 6.07) is 17.9. The molecule has 2 rings (SSSR count). The Morgan fingerprint density at radius 1 is 0.929 bits per heavy atom. The molecule has 1 amide bonds. The van der Waals surface area contributed by atoms with Gasteiger partial charge >= 0.3 is 12.1 Å². The first-order valence-electron chi connectivity index (χ1n) is 9.13. The Bertz CT molecular complexity index is 766. The van der Waals surface area contributed by atoms with Crippen LogP contribution in [-0.2, 0) is 25.7 Å². The summed E-state index contributed by atoms with van der Waals surface area (Å²) in [5.41, 5.74) is 2.45. The number of hydrogen-bond donors (Lipinski definition) is 0. The van der Waals surface area contributed by atoms with Crippen molar-refractivity contribution in [2.24, 2.45) is 0 Å². The van der Waals surface area contributed by atoms with Gasteiger partial charge in [0.1, 0.15) is 12.2 Å². The molecule has 0 unspecified atom stereocenters. The molecule has 0 aliphatic heterocycles. The summed E-state index contributed by atoms with van der Waals surface area (Å²) in [4.78, 5) is 29.4. The van der Waals surface area contributed by atoms with Gasteiger partial charge in [-0.3, -0.25) is 9.63 Å². The van der Waals surface area contributed by atoms with Crippen LogP contribution in [-0.4, -0.2) is 36.4 Å². The fourth-order valence-corrected chi connectivity index (χ4v) is 2.39. The first-order valence-corrected chi connectivity index (χ1v) is 9.13. The second-order valence-corrected chi connectivity index (χ2v) is 7.24. The van der Waals surface area contributed by atoms with Crippen LogP contribution in [0.15, 0.2) is 54.6 Å². The van der Waals surface area contributed by atoms with Gasteiger partial charge in [0.2, 0.25) is 0 Å². The van der Waals surface area contributed by atoms with Gasteiger partial charge in [-0.2, -0.15) is 5.06 Å². The topological polar surface area (TPSA) is 65.1 Å². The van der Waals surface area contributed by atoms with Crippen molar-refractivity contribution >= 4 is 12.1 Å². The zero-order chi connectivity index (χ0) is 20.6. The number of esters is 1. The maximum absolute atomic E-state index is 12.3. The molecule has 2 aromatic rings. The Labute approximate surface area is 166 Å². The van der Waals surface area contributed by atoms with Gasteiger partial charge in [-0.05, 0) is 37.5 Å². The molecule has 28 heavy (non-hydrogen) atoms. The van der Waals surface area contributed by atoms with Crippen molar-refractivity contribution in [2.75, 3.05) is 13.7 Å². The van der Waals surface area contributed by atoms with Gasteiger partial charge < -0.3 is 9.47 Å². The molecule has 0 atom stereocenters. The van der Waals surface area contributed by atoms with Crippen molar-refractivity contribution in [3.05, 3.63) is 60.2 Å². The maximum Gasteiger partial charge on any atom is 0.434 e. The monoisotopic (exact) mass is 385 g/mol. The van der Waals surface area contributed by atoms with E-state index in [2.05, 4.69) is 4.74 Å². The molecule has 150 valence electrons. The zero-order valence-corrected chi connectivity index (χ0v) is 16.8. The smallest absolute Gasteiger partial charge is 0.434 e. The van der Waals surface area contributed by atoms with E-state index in [0.29, 0.717) is 0 Å². The minimum atomic E-state index is -0.665. The Balaban J connectivity index is 2.00. The molecule has 0 saturated heterocycles. The van der Waals surface area contributed by atoms with E-state index < -0.39 is 17.7 Å². The average molecular weight is 385 g/mol. The molecule has 0 fully saturated rings. The molecular weight excluding hydrogens is 358 g/mol. The minimum Gasteiger partial charge on any atom is -0.469 e. The molecule has 0 aliphatic carbocycles. The third kappa shape index (κ3) is 7.04. The van der Waals surface area contributed by atoms with Crippen LogP contribution in [0.5, 0.6) is 0 Å². The van der Waals surface area contributed by atoms with Gasteiger partial charge in [0.05, 0.1) is 20.1 Å². The minimum absolute atomic E-state index is 0.0166. The Morgan fingerprint density at radius 3 is 2.11 bits per heavy atom. The standard InChI is InChI=1S/C22H27NO5/c1-22(2,3)28-21(25)23(15-14-20(24)26-4)27-16-17-10-12-19(13-11-17)18-8-6-5-7-9-18/h5-13H,14-16H2,1-4H3. The second-order valence-electron chi connectivity index (χ2n) is 7.24. The molecular formula is C22H27NO5. The lowest BCUT2D eigenvalue weighted by molar-refractivity contribution is -0.163. The van der Waals surface area contributed by atoms with E-state index in [4.69, 9.17) is 9.57 Å². The highest BCUT2D eigenvalue weighted by Crippen LogP contribution is 2.20. The van der Waals surface area contributed by atoms with E-state index in [1.165, 1.54) is 7.11 Å². The number of ether oxygens (including phenoxy) is 2. The number of carbonyl (C=O) groups excluding carboxylic acids is 2. The maximum atomic E-state index is 12.3. The average Bonchev–Trinajstić information content (AvgIpc) is 2.67. The van der Waals surface area contributed by atoms with Crippen LogP contribution in [0.3, 0.4) is 0 Å². The number of methoxy groups -OCH3 is 1. The van der Waals surface area contributed by atoms with Gasteiger partial charge in [0.15, 0.2) is 0 Å². The predicted molar refractivity (Wildman–Crippen MR) is 106 cm³/mol. The van der Waals surface area contributed by atoms with Gasteiger partial charge in [-0.1, -0.05) is 54.6 Å². The van der Waals surface area contributed by atoms with E-state index in [1.807, 2.05) is 54.6 Å². The van der Waals surface area contributed by atoms with Gasteiger partial charge in [0.25, 0.3) is 0 Å².